The average Bonchev–Trinajstić information content (AvgIpc) is 2.70. The van der Waals surface area contributed by atoms with Crippen molar-refractivity contribution >= 4 is 17.0 Å². The van der Waals surface area contributed by atoms with Crippen LogP contribution in [-0.2, 0) is 6.42 Å². The maximum atomic E-state index is 4.17. The van der Waals surface area contributed by atoms with E-state index in [2.05, 4.69) is 47.0 Å². The number of aromatic nitrogens is 1. The van der Waals surface area contributed by atoms with Gasteiger partial charge in [-0.1, -0.05) is 0 Å². The maximum Gasteiger partial charge on any atom is 0.0531 e. The minimum atomic E-state index is 0.429. The van der Waals surface area contributed by atoms with Gasteiger partial charge in [-0.25, -0.2) is 0 Å². The molecule has 0 radical (unpaired) electrons. The van der Waals surface area contributed by atoms with Gasteiger partial charge in [-0.15, -0.1) is 0 Å². The fourth-order valence-corrected chi connectivity index (χ4v) is 2.41. The first kappa shape index (κ1) is 11.1. The largest absolute Gasteiger partial charge is 0.381 e. The van der Waals surface area contributed by atoms with Crippen LogP contribution in [-0.4, -0.2) is 11.0 Å². The summed E-state index contributed by atoms with van der Waals surface area (Å²) in [5.74, 6) is 0. The van der Waals surface area contributed by atoms with Crippen molar-refractivity contribution in [2.75, 3.05) is 5.32 Å². The highest BCUT2D eigenvalue weighted by atomic mass is 32.1. The zero-order valence-electron chi connectivity index (χ0n) is 9.60. The molecule has 0 aliphatic rings. The predicted molar refractivity (Wildman–Crippen MR) is 70.1 cm³/mol. The third-order valence-electron chi connectivity index (χ3n) is 2.41. The Kier molecular flexibility index (Phi) is 3.57. The molecule has 2 nitrogen and oxygen atoms in total. The first-order chi connectivity index (χ1) is 7.74. The molecule has 1 atom stereocenters. The number of anilines is 1. The monoisotopic (exact) mass is 232 g/mol. The van der Waals surface area contributed by atoms with Crippen LogP contribution >= 0.6 is 11.3 Å². The van der Waals surface area contributed by atoms with Gasteiger partial charge in [-0.05, 0) is 54.3 Å². The van der Waals surface area contributed by atoms with Crippen LogP contribution in [0.1, 0.15) is 18.1 Å². The van der Waals surface area contributed by atoms with Crippen molar-refractivity contribution < 1.29 is 0 Å². The van der Waals surface area contributed by atoms with Crippen LogP contribution in [0.5, 0.6) is 0 Å². The number of aryl methyl sites for hydroxylation is 1. The topological polar surface area (TPSA) is 24.9 Å². The molecule has 2 aromatic rings. The molecule has 0 fully saturated rings. The van der Waals surface area contributed by atoms with Crippen LogP contribution in [0.4, 0.5) is 5.69 Å². The van der Waals surface area contributed by atoms with E-state index in [1.807, 2.05) is 12.4 Å². The van der Waals surface area contributed by atoms with Crippen molar-refractivity contribution in [2.45, 2.75) is 26.3 Å². The van der Waals surface area contributed by atoms with Crippen LogP contribution in [0.3, 0.4) is 0 Å². The highest BCUT2D eigenvalue weighted by molar-refractivity contribution is 7.07. The average molecular weight is 232 g/mol. The lowest BCUT2D eigenvalue weighted by atomic mass is 10.1. The molecule has 0 bridgehead atoms. The summed E-state index contributed by atoms with van der Waals surface area (Å²) in [6, 6.07) is 4.73. The second-order valence-corrected chi connectivity index (χ2v) is 4.91. The van der Waals surface area contributed by atoms with Crippen LogP contribution in [0.15, 0.2) is 35.3 Å². The van der Waals surface area contributed by atoms with Crippen LogP contribution in [0.2, 0.25) is 0 Å². The molecule has 0 amide bonds. The summed E-state index contributed by atoms with van der Waals surface area (Å²) in [7, 11) is 0. The molecule has 3 heteroatoms. The Labute approximate surface area is 100 Å². The third-order valence-corrected chi connectivity index (χ3v) is 3.14. The van der Waals surface area contributed by atoms with Gasteiger partial charge in [0.2, 0.25) is 0 Å². The van der Waals surface area contributed by atoms with Crippen molar-refractivity contribution in [3.05, 3.63) is 46.4 Å². The third kappa shape index (κ3) is 3.07. The van der Waals surface area contributed by atoms with E-state index in [0.29, 0.717) is 6.04 Å². The Morgan fingerprint density at radius 2 is 2.31 bits per heavy atom. The molecule has 1 unspecified atom stereocenters. The molecule has 0 aromatic carbocycles. The zero-order chi connectivity index (χ0) is 11.4. The summed E-state index contributed by atoms with van der Waals surface area (Å²) < 4.78 is 0. The number of hydrogen-bond acceptors (Lipinski definition) is 3. The van der Waals surface area contributed by atoms with Gasteiger partial charge >= 0.3 is 0 Å². The normalized spacial score (nSPS) is 12.4. The fourth-order valence-electron chi connectivity index (χ4n) is 1.73. The Bertz CT molecular complexity index is 437. The zero-order valence-corrected chi connectivity index (χ0v) is 10.4. The van der Waals surface area contributed by atoms with Gasteiger partial charge in [0.15, 0.2) is 0 Å². The number of nitrogens with zero attached hydrogens (tertiary/aromatic N) is 1. The van der Waals surface area contributed by atoms with Crippen LogP contribution in [0.25, 0.3) is 0 Å². The summed E-state index contributed by atoms with van der Waals surface area (Å²) in [5.41, 5.74) is 3.68. The second-order valence-electron chi connectivity index (χ2n) is 4.13. The molecule has 2 aromatic heterocycles. The maximum absolute atomic E-state index is 4.17. The Balaban J connectivity index is 1.94. The molecule has 0 saturated heterocycles. The Hall–Kier alpha value is -1.35. The van der Waals surface area contributed by atoms with Crippen molar-refractivity contribution in [2.24, 2.45) is 0 Å². The Morgan fingerprint density at radius 1 is 1.44 bits per heavy atom. The van der Waals surface area contributed by atoms with Crippen LogP contribution in [0, 0.1) is 6.92 Å². The molecule has 2 heterocycles. The molecule has 16 heavy (non-hydrogen) atoms. The highest BCUT2D eigenvalue weighted by Crippen LogP contribution is 2.13. The first-order valence-corrected chi connectivity index (χ1v) is 6.37. The minimum absolute atomic E-state index is 0.429. The van der Waals surface area contributed by atoms with Gasteiger partial charge in [0.25, 0.3) is 0 Å². The summed E-state index contributed by atoms with van der Waals surface area (Å²) in [4.78, 5) is 4.17. The van der Waals surface area contributed by atoms with Gasteiger partial charge < -0.3 is 5.32 Å². The summed E-state index contributed by atoms with van der Waals surface area (Å²) in [6.45, 7) is 4.25. The SMILES string of the molecule is Cc1cncc(NC(C)Cc2ccsc2)c1. The lowest BCUT2D eigenvalue weighted by Crippen LogP contribution is -2.17. The lowest BCUT2D eigenvalue weighted by molar-refractivity contribution is 0.791. The summed E-state index contributed by atoms with van der Waals surface area (Å²) in [5, 5.41) is 7.79. The number of thiophene rings is 1. The molecule has 0 saturated carbocycles. The lowest BCUT2D eigenvalue weighted by Gasteiger charge is -2.14. The summed E-state index contributed by atoms with van der Waals surface area (Å²) in [6.07, 6.45) is 4.79. The molecular weight excluding hydrogens is 216 g/mol. The van der Waals surface area contributed by atoms with Gasteiger partial charge in [0.05, 0.1) is 5.69 Å². The van der Waals surface area contributed by atoms with E-state index in [0.717, 1.165) is 12.1 Å². The second kappa shape index (κ2) is 5.12. The first-order valence-electron chi connectivity index (χ1n) is 5.43. The van der Waals surface area contributed by atoms with Gasteiger partial charge in [-0.3, -0.25) is 4.98 Å². The molecule has 2 rings (SSSR count). The predicted octanol–water partition coefficient (Wildman–Crippen LogP) is 3.49. The smallest absolute Gasteiger partial charge is 0.0531 e. The van der Waals surface area contributed by atoms with Gasteiger partial charge in [0, 0.05) is 18.4 Å². The van der Waals surface area contributed by atoms with E-state index < -0.39 is 0 Å². The number of pyridine rings is 1. The van der Waals surface area contributed by atoms with E-state index in [1.165, 1.54) is 11.1 Å². The minimum Gasteiger partial charge on any atom is -0.381 e. The molecule has 1 N–H and O–H groups in total. The Morgan fingerprint density at radius 3 is 3.00 bits per heavy atom. The molecule has 0 aliphatic carbocycles. The quantitative estimate of drug-likeness (QED) is 0.872. The van der Waals surface area contributed by atoms with E-state index in [-0.39, 0.29) is 0 Å². The van der Waals surface area contributed by atoms with Crippen molar-refractivity contribution in [3.63, 3.8) is 0 Å². The van der Waals surface area contributed by atoms with Crippen LogP contribution < -0.4 is 5.32 Å². The van der Waals surface area contributed by atoms with Crippen molar-refractivity contribution in [1.29, 1.82) is 0 Å². The van der Waals surface area contributed by atoms with Crippen molar-refractivity contribution in [3.8, 4) is 0 Å². The van der Waals surface area contributed by atoms with E-state index in [1.54, 1.807) is 11.3 Å². The number of hydrogen-bond donors (Lipinski definition) is 1. The number of nitrogens with one attached hydrogen (secondary N) is 1. The number of rotatable bonds is 4. The fraction of sp³-hybridized carbons (Fsp3) is 0.308. The molecule has 0 spiro atoms. The van der Waals surface area contributed by atoms with Gasteiger partial charge in [-0.2, -0.15) is 11.3 Å². The standard InChI is InChI=1S/C13H16N2S/c1-10-5-13(8-14-7-10)15-11(2)6-12-3-4-16-9-12/h3-5,7-9,11,15H,6H2,1-2H3. The highest BCUT2D eigenvalue weighted by Gasteiger charge is 2.04. The van der Waals surface area contributed by atoms with E-state index >= 15 is 0 Å². The molecule has 0 aliphatic heterocycles. The van der Waals surface area contributed by atoms with E-state index in [9.17, 15) is 0 Å². The van der Waals surface area contributed by atoms with Gasteiger partial charge in [0.1, 0.15) is 0 Å². The molecule has 84 valence electrons. The van der Waals surface area contributed by atoms with E-state index in [4.69, 9.17) is 0 Å². The summed E-state index contributed by atoms with van der Waals surface area (Å²) >= 11 is 1.75. The van der Waals surface area contributed by atoms with Crippen molar-refractivity contribution in [1.82, 2.24) is 4.98 Å². The molecular formula is C13H16N2S.